The van der Waals surface area contributed by atoms with Gasteiger partial charge < -0.3 is 15.0 Å². The molecule has 0 aliphatic carbocycles. The summed E-state index contributed by atoms with van der Waals surface area (Å²) in [6, 6.07) is 15.4. The maximum atomic E-state index is 13.6. The van der Waals surface area contributed by atoms with E-state index < -0.39 is 11.8 Å². The molecule has 1 aliphatic heterocycles. The topological polar surface area (TPSA) is 93.5 Å². The monoisotopic (exact) mass is 450 g/mol. The minimum Gasteiger partial charge on any atom is -0.465 e. The van der Waals surface area contributed by atoms with Crippen LogP contribution >= 0.6 is 0 Å². The predicted molar refractivity (Wildman–Crippen MR) is 121 cm³/mol. The fraction of sp³-hybridized carbons (Fsp3) is 0.250. The zero-order valence-electron chi connectivity index (χ0n) is 18.0. The van der Waals surface area contributed by atoms with E-state index in [0.717, 1.165) is 0 Å². The first-order valence-corrected chi connectivity index (χ1v) is 10.6. The lowest BCUT2D eigenvalue weighted by Crippen LogP contribution is -2.39. The molecular weight excluding hydrogens is 427 g/mol. The molecule has 2 aromatic carbocycles. The van der Waals surface area contributed by atoms with Gasteiger partial charge in [0.1, 0.15) is 11.6 Å². The molecule has 4 rings (SSSR count). The first-order valence-electron chi connectivity index (χ1n) is 10.6. The van der Waals surface area contributed by atoms with Crippen molar-refractivity contribution < 1.29 is 18.7 Å². The van der Waals surface area contributed by atoms with E-state index in [4.69, 9.17) is 4.74 Å². The summed E-state index contributed by atoms with van der Waals surface area (Å²) in [5.74, 6) is -0.786. The molecule has 0 atom stereocenters. The van der Waals surface area contributed by atoms with Crippen LogP contribution in [0.1, 0.15) is 23.2 Å². The molecule has 1 N–H and O–H groups in total. The predicted octanol–water partition coefficient (Wildman–Crippen LogP) is 3.01. The van der Waals surface area contributed by atoms with E-state index in [9.17, 15) is 18.8 Å². The molecule has 33 heavy (non-hydrogen) atoms. The van der Waals surface area contributed by atoms with Gasteiger partial charge in [0.05, 0.1) is 24.0 Å². The third kappa shape index (κ3) is 4.92. The van der Waals surface area contributed by atoms with Gasteiger partial charge in [-0.3, -0.25) is 9.59 Å². The highest BCUT2D eigenvalue weighted by molar-refractivity contribution is 6.01. The number of rotatable bonds is 5. The molecule has 0 spiro atoms. The van der Waals surface area contributed by atoms with Gasteiger partial charge in [-0.2, -0.15) is 4.68 Å². The van der Waals surface area contributed by atoms with E-state index in [2.05, 4.69) is 10.4 Å². The largest absolute Gasteiger partial charge is 0.465 e. The van der Waals surface area contributed by atoms with Gasteiger partial charge in [-0.15, -0.1) is 5.10 Å². The Morgan fingerprint density at radius 3 is 2.55 bits per heavy atom. The summed E-state index contributed by atoms with van der Waals surface area (Å²) in [4.78, 5) is 39.0. The summed E-state index contributed by atoms with van der Waals surface area (Å²) < 4.78 is 19.5. The summed E-state index contributed by atoms with van der Waals surface area (Å²) in [6.45, 7) is 1.12. The number of esters is 1. The number of nitrogens with one attached hydrogen (secondary N) is 1. The van der Waals surface area contributed by atoms with Crippen molar-refractivity contribution in [3.63, 3.8) is 0 Å². The van der Waals surface area contributed by atoms with Gasteiger partial charge in [-0.05, 0) is 49.2 Å². The smallest absolute Gasteiger partial charge is 0.339 e. The number of carbonyl (C=O) groups is 2. The van der Waals surface area contributed by atoms with E-state index in [1.165, 1.54) is 36.1 Å². The average Bonchev–Trinajstić information content (AvgIpc) is 2.84. The molecule has 1 saturated heterocycles. The molecule has 1 aromatic heterocycles. The number of hydrogen-bond acceptors (Lipinski definition) is 6. The Kier molecular flexibility index (Phi) is 6.48. The van der Waals surface area contributed by atoms with Crippen LogP contribution in [0.4, 0.5) is 15.9 Å². The fourth-order valence-corrected chi connectivity index (χ4v) is 3.85. The maximum Gasteiger partial charge on any atom is 0.339 e. The minimum atomic E-state index is -0.514. The van der Waals surface area contributed by atoms with Gasteiger partial charge in [0, 0.05) is 25.1 Å². The van der Waals surface area contributed by atoms with Crippen molar-refractivity contribution in [2.45, 2.75) is 12.8 Å². The van der Waals surface area contributed by atoms with Crippen molar-refractivity contribution in [3.8, 4) is 5.69 Å². The summed E-state index contributed by atoms with van der Waals surface area (Å²) in [7, 11) is 1.29. The van der Waals surface area contributed by atoms with Crippen LogP contribution in [0.3, 0.4) is 0 Å². The van der Waals surface area contributed by atoms with Crippen molar-refractivity contribution >= 4 is 23.4 Å². The van der Waals surface area contributed by atoms with Gasteiger partial charge in [0.25, 0.3) is 5.56 Å². The first-order chi connectivity index (χ1) is 16.0. The van der Waals surface area contributed by atoms with Crippen LogP contribution in [0.2, 0.25) is 0 Å². The molecule has 1 fully saturated rings. The van der Waals surface area contributed by atoms with Crippen LogP contribution in [-0.2, 0) is 9.53 Å². The van der Waals surface area contributed by atoms with Crippen LogP contribution in [0.5, 0.6) is 0 Å². The summed E-state index contributed by atoms with van der Waals surface area (Å²) >= 11 is 0. The van der Waals surface area contributed by atoms with Gasteiger partial charge >= 0.3 is 5.97 Å². The maximum absolute atomic E-state index is 13.6. The van der Waals surface area contributed by atoms with E-state index in [-0.39, 0.29) is 17.4 Å². The highest BCUT2D eigenvalue weighted by atomic mass is 19.1. The van der Waals surface area contributed by atoms with Crippen molar-refractivity contribution in [2.24, 2.45) is 5.92 Å². The Labute approximate surface area is 189 Å². The molecule has 1 aliphatic rings. The lowest BCUT2D eigenvalue weighted by molar-refractivity contribution is -0.120. The highest BCUT2D eigenvalue weighted by Gasteiger charge is 2.27. The number of hydrogen-bond donors (Lipinski definition) is 1. The second-order valence-electron chi connectivity index (χ2n) is 7.71. The number of para-hydroxylation sites is 1. The Hall–Kier alpha value is -4.01. The van der Waals surface area contributed by atoms with Crippen molar-refractivity contribution in [3.05, 3.63) is 82.4 Å². The minimum absolute atomic E-state index is 0.163. The Balaban J connectivity index is 1.43. The number of ether oxygens (including phenoxy) is 1. The Morgan fingerprint density at radius 2 is 1.82 bits per heavy atom. The lowest BCUT2D eigenvalue weighted by atomic mass is 9.95. The second kappa shape index (κ2) is 9.64. The number of methoxy groups -OCH3 is 1. The van der Waals surface area contributed by atoms with Crippen LogP contribution in [-0.4, -0.2) is 41.9 Å². The fourth-order valence-electron chi connectivity index (χ4n) is 3.85. The number of nitrogens with zero attached hydrogens (tertiary/aromatic N) is 3. The van der Waals surface area contributed by atoms with E-state index in [1.54, 1.807) is 36.4 Å². The van der Waals surface area contributed by atoms with Crippen molar-refractivity contribution in [1.82, 2.24) is 9.78 Å². The van der Waals surface area contributed by atoms with E-state index in [1.807, 2.05) is 4.90 Å². The van der Waals surface area contributed by atoms with Crippen LogP contribution in [0.25, 0.3) is 5.69 Å². The van der Waals surface area contributed by atoms with Gasteiger partial charge in [0.2, 0.25) is 5.91 Å². The van der Waals surface area contributed by atoms with Gasteiger partial charge in [-0.1, -0.05) is 18.2 Å². The molecule has 0 bridgehead atoms. The van der Waals surface area contributed by atoms with Crippen molar-refractivity contribution in [2.75, 3.05) is 30.4 Å². The molecule has 1 amide bonds. The van der Waals surface area contributed by atoms with Gasteiger partial charge in [-0.25, -0.2) is 9.18 Å². The number of benzene rings is 2. The average molecular weight is 450 g/mol. The summed E-state index contributed by atoms with van der Waals surface area (Å²) in [5.41, 5.74) is 0.707. The molecule has 2 heterocycles. The number of amides is 1. The Morgan fingerprint density at radius 1 is 1.06 bits per heavy atom. The second-order valence-corrected chi connectivity index (χ2v) is 7.71. The molecule has 170 valence electrons. The first kappa shape index (κ1) is 22.2. The van der Waals surface area contributed by atoms with Gasteiger partial charge in [0.15, 0.2) is 0 Å². The van der Waals surface area contributed by atoms with Crippen LogP contribution in [0, 0.1) is 11.7 Å². The van der Waals surface area contributed by atoms with E-state index in [0.29, 0.717) is 48.7 Å². The number of piperidine rings is 1. The molecule has 8 nitrogen and oxygen atoms in total. The molecule has 0 saturated carbocycles. The highest BCUT2D eigenvalue weighted by Crippen LogP contribution is 2.24. The number of anilines is 2. The third-order valence-corrected chi connectivity index (χ3v) is 5.62. The molecule has 3 aromatic rings. The molecule has 0 unspecified atom stereocenters. The third-order valence-electron chi connectivity index (χ3n) is 5.62. The van der Waals surface area contributed by atoms with Crippen molar-refractivity contribution in [1.29, 1.82) is 0 Å². The standard InChI is InChI=1S/C24H23FN4O4/c1-33-24(32)19-7-2-3-8-20(19)26-23(31)16-11-13-28(14-12-16)21-9-10-22(30)29(27-21)18-6-4-5-17(25)15-18/h2-10,15-16H,11-14H2,1H3,(H,26,31). The normalized spacial score (nSPS) is 14.1. The van der Waals surface area contributed by atoms with Crippen LogP contribution in [0.15, 0.2) is 65.5 Å². The van der Waals surface area contributed by atoms with E-state index >= 15 is 0 Å². The quantitative estimate of drug-likeness (QED) is 0.601. The zero-order chi connectivity index (χ0) is 23.4. The SMILES string of the molecule is COC(=O)c1ccccc1NC(=O)C1CCN(c2ccc(=O)n(-c3cccc(F)c3)n2)CC1. The summed E-state index contributed by atoms with van der Waals surface area (Å²) in [6.07, 6.45) is 1.15. The Bertz CT molecular complexity index is 1230. The molecule has 9 heteroatoms. The number of halogens is 1. The lowest BCUT2D eigenvalue weighted by Gasteiger charge is -2.32. The van der Waals surface area contributed by atoms with Crippen LogP contribution < -0.4 is 15.8 Å². The number of aromatic nitrogens is 2. The zero-order valence-corrected chi connectivity index (χ0v) is 18.0. The molecular formula is C24H23FN4O4. The number of carbonyl (C=O) groups excluding carboxylic acids is 2. The summed E-state index contributed by atoms with van der Waals surface area (Å²) in [5, 5.41) is 7.24. The molecule has 0 radical (unpaired) electrons.